The van der Waals surface area contributed by atoms with Crippen LogP contribution in [0.2, 0.25) is 5.02 Å². The quantitative estimate of drug-likeness (QED) is 0.904. The van der Waals surface area contributed by atoms with Gasteiger partial charge in [-0.15, -0.1) is 0 Å². The Hall–Kier alpha value is -1.70. The summed E-state index contributed by atoms with van der Waals surface area (Å²) < 4.78 is 49.1. The number of hydrogen-bond acceptors (Lipinski definition) is 3. The zero-order chi connectivity index (χ0) is 15.6. The van der Waals surface area contributed by atoms with Gasteiger partial charge in [0.2, 0.25) is 10.0 Å². The second-order valence-electron chi connectivity index (χ2n) is 4.28. The maximum absolute atomic E-state index is 13.5. The molecule has 4 nitrogen and oxygen atoms in total. The molecule has 21 heavy (non-hydrogen) atoms. The van der Waals surface area contributed by atoms with E-state index in [-0.39, 0.29) is 27.7 Å². The predicted molar refractivity (Wildman–Crippen MR) is 76.5 cm³/mol. The molecule has 0 atom stereocenters. The SMILES string of the molecule is NS(=O)(=O)c1ccc(Cl)c(NCc2cc(F)ccc2F)c1. The first kappa shape index (κ1) is 15.7. The molecule has 0 fully saturated rings. The molecular weight excluding hydrogens is 322 g/mol. The summed E-state index contributed by atoms with van der Waals surface area (Å²) in [6.45, 7) is -0.0581. The van der Waals surface area contributed by atoms with E-state index >= 15 is 0 Å². The van der Waals surface area contributed by atoms with Gasteiger partial charge >= 0.3 is 0 Å². The Labute approximate surface area is 125 Å². The molecule has 0 aliphatic carbocycles. The van der Waals surface area contributed by atoms with Gasteiger partial charge in [0.15, 0.2) is 0 Å². The lowest BCUT2D eigenvalue weighted by molar-refractivity contribution is 0.587. The number of nitrogens with one attached hydrogen (secondary N) is 1. The summed E-state index contributed by atoms with van der Waals surface area (Å²) in [5, 5.41) is 8.01. The molecule has 0 aromatic heterocycles. The molecule has 0 spiro atoms. The van der Waals surface area contributed by atoms with Gasteiger partial charge in [0.25, 0.3) is 0 Å². The summed E-state index contributed by atoms with van der Waals surface area (Å²) in [5.74, 6) is -1.15. The molecule has 2 aromatic rings. The minimum atomic E-state index is -3.87. The first-order chi connectivity index (χ1) is 9.77. The van der Waals surface area contributed by atoms with Crippen molar-refractivity contribution in [2.24, 2.45) is 5.14 Å². The lowest BCUT2D eigenvalue weighted by atomic mass is 10.2. The number of anilines is 1. The highest BCUT2D eigenvalue weighted by molar-refractivity contribution is 7.89. The van der Waals surface area contributed by atoms with Crippen LogP contribution in [0.5, 0.6) is 0 Å². The number of benzene rings is 2. The Morgan fingerprint density at radius 1 is 1.14 bits per heavy atom. The Kier molecular flexibility index (Phi) is 4.46. The zero-order valence-corrected chi connectivity index (χ0v) is 12.2. The van der Waals surface area contributed by atoms with Crippen LogP contribution in [0, 0.1) is 11.6 Å². The van der Waals surface area contributed by atoms with Crippen molar-refractivity contribution in [2.45, 2.75) is 11.4 Å². The molecule has 3 N–H and O–H groups in total. The van der Waals surface area contributed by atoms with Crippen LogP contribution in [0.15, 0.2) is 41.3 Å². The second kappa shape index (κ2) is 5.97. The highest BCUT2D eigenvalue weighted by atomic mass is 35.5. The Balaban J connectivity index is 2.26. The topological polar surface area (TPSA) is 72.2 Å². The standard InChI is InChI=1S/C13H11ClF2N2O2S/c14-11-3-2-10(21(17,19)20)6-13(11)18-7-8-5-9(15)1-4-12(8)16/h1-6,18H,7H2,(H2,17,19,20). The van der Waals surface area contributed by atoms with Gasteiger partial charge in [0.05, 0.1) is 15.6 Å². The normalized spacial score (nSPS) is 11.4. The molecule has 2 rings (SSSR count). The monoisotopic (exact) mass is 332 g/mol. The molecule has 0 amide bonds. The van der Waals surface area contributed by atoms with Crippen molar-refractivity contribution in [3.63, 3.8) is 0 Å². The van der Waals surface area contributed by atoms with Crippen LogP contribution in [0.4, 0.5) is 14.5 Å². The average molecular weight is 333 g/mol. The average Bonchev–Trinajstić information content (AvgIpc) is 2.40. The van der Waals surface area contributed by atoms with Gasteiger partial charge in [0, 0.05) is 12.1 Å². The molecule has 0 bridgehead atoms. The van der Waals surface area contributed by atoms with E-state index in [0.29, 0.717) is 0 Å². The van der Waals surface area contributed by atoms with Crippen LogP contribution in [-0.2, 0) is 16.6 Å². The molecule has 8 heteroatoms. The minimum Gasteiger partial charge on any atom is -0.380 e. The Morgan fingerprint density at radius 3 is 2.52 bits per heavy atom. The van der Waals surface area contributed by atoms with Gasteiger partial charge in [-0.25, -0.2) is 22.3 Å². The van der Waals surface area contributed by atoms with Crippen LogP contribution >= 0.6 is 11.6 Å². The van der Waals surface area contributed by atoms with Gasteiger partial charge < -0.3 is 5.32 Å². The lowest BCUT2D eigenvalue weighted by Crippen LogP contribution is -2.12. The fraction of sp³-hybridized carbons (Fsp3) is 0.0769. The first-order valence-electron chi connectivity index (χ1n) is 5.77. The van der Waals surface area contributed by atoms with E-state index in [2.05, 4.69) is 5.32 Å². The smallest absolute Gasteiger partial charge is 0.238 e. The molecule has 0 aliphatic rings. The van der Waals surface area contributed by atoms with Gasteiger partial charge in [-0.05, 0) is 36.4 Å². The molecular formula is C13H11ClF2N2O2S. The van der Waals surface area contributed by atoms with E-state index in [1.54, 1.807) is 0 Å². The number of halogens is 3. The fourth-order valence-electron chi connectivity index (χ4n) is 1.69. The predicted octanol–water partition coefficient (Wildman–Crippen LogP) is 2.88. The third-order valence-electron chi connectivity index (χ3n) is 2.74. The van der Waals surface area contributed by atoms with Crippen molar-refractivity contribution < 1.29 is 17.2 Å². The summed E-state index contributed by atoms with van der Waals surface area (Å²) in [4.78, 5) is -0.130. The largest absolute Gasteiger partial charge is 0.380 e. The Bertz CT molecular complexity index is 782. The first-order valence-corrected chi connectivity index (χ1v) is 7.70. The zero-order valence-electron chi connectivity index (χ0n) is 10.6. The summed E-state index contributed by atoms with van der Waals surface area (Å²) in [6.07, 6.45) is 0. The molecule has 112 valence electrons. The fourth-order valence-corrected chi connectivity index (χ4v) is 2.41. The second-order valence-corrected chi connectivity index (χ2v) is 6.24. The number of rotatable bonds is 4. The summed E-state index contributed by atoms with van der Waals surface area (Å²) >= 11 is 5.92. The van der Waals surface area contributed by atoms with Gasteiger partial charge in [-0.1, -0.05) is 11.6 Å². The van der Waals surface area contributed by atoms with Crippen molar-refractivity contribution in [1.82, 2.24) is 0 Å². The lowest BCUT2D eigenvalue weighted by Gasteiger charge is -2.10. The van der Waals surface area contributed by atoms with Crippen molar-refractivity contribution in [3.05, 3.63) is 58.6 Å². The van der Waals surface area contributed by atoms with Crippen molar-refractivity contribution in [2.75, 3.05) is 5.32 Å². The molecule has 2 aromatic carbocycles. The highest BCUT2D eigenvalue weighted by Crippen LogP contribution is 2.25. The number of primary sulfonamides is 1. The molecule has 0 aliphatic heterocycles. The van der Waals surface area contributed by atoms with E-state index in [0.717, 1.165) is 18.2 Å². The van der Waals surface area contributed by atoms with Crippen molar-refractivity contribution >= 4 is 27.3 Å². The maximum Gasteiger partial charge on any atom is 0.238 e. The van der Waals surface area contributed by atoms with Crippen LogP contribution in [0.3, 0.4) is 0 Å². The molecule has 0 saturated carbocycles. The minimum absolute atomic E-state index is 0.0581. The van der Waals surface area contributed by atoms with E-state index in [4.69, 9.17) is 16.7 Å². The number of sulfonamides is 1. The van der Waals surface area contributed by atoms with E-state index < -0.39 is 21.7 Å². The summed E-state index contributed by atoms with van der Waals surface area (Å²) in [6, 6.07) is 6.90. The van der Waals surface area contributed by atoms with Gasteiger partial charge in [-0.3, -0.25) is 0 Å². The molecule has 0 saturated heterocycles. The number of hydrogen-bond donors (Lipinski definition) is 2. The number of nitrogens with two attached hydrogens (primary N) is 1. The van der Waals surface area contributed by atoms with E-state index in [1.165, 1.54) is 18.2 Å². The van der Waals surface area contributed by atoms with Gasteiger partial charge in [0.1, 0.15) is 11.6 Å². The third-order valence-corrected chi connectivity index (χ3v) is 3.98. The van der Waals surface area contributed by atoms with E-state index in [1.807, 2.05) is 0 Å². The maximum atomic E-state index is 13.5. The molecule has 0 radical (unpaired) electrons. The molecule has 0 unspecified atom stereocenters. The highest BCUT2D eigenvalue weighted by Gasteiger charge is 2.11. The summed E-state index contributed by atoms with van der Waals surface area (Å²) in [5.41, 5.74) is 0.346. The summed E-state index contributed by atoms with van der Waals surface area (Å²) in [7, 11) is -3.87. The van der Waals surface area contributed by atoms with Gasteiger partial charge in [-0.2, -0.15) is 0 Å². The van der Waals surface area contributed by atoms with Crippen LogP contribution < -0.4 is 10.5 Å². The van der Waals surface area contributed by atoms with Crippen LogP contribution in [-0.4, -0.2) is 8.42 Å². The van der Waals surface area contributed by atoms with Crippen molar-refractivity contribution in [1.29, 1.82) is 0 Å². The van der Waals surface area contributed by atoms with Crippen LogP contribution in [0.25, 0.3) is 0 Å². The Morgan fingerprint density at radius 2 is 1.86 bits per heavy atom. The third kappa shape index (κ3) is 3.90. The van der Waals surface area contributed by atoms with Crippen molar-refractivity contribution in [3.8, 4) is 0 Å². The van der Waals surface area contributed by atoms with Crippen LogP contribution in [0.1, 0.15) is 5.56 Å². The van der Waals surface area contributed by atoms with E-state index in [9.17, 15) is 17.2 Å². The molecule has 0 heterocycles.